The number of pyridine rings is 1. The lowest BCUT2D eigenvalue weighted by atomic mass is 9.74. The van der Waals surface area contributed by atoms with Crippen LogP contribution in [0.1, 0.15) is 35.1 Å². The van der Waals surface area contributed by atoms with Crippen molar-refractivity contribution in [1.82, 2.24) is 10.3 Å². The molecular weight excluding hydrogens is 276 g/mol. The van der Waals surface area contributed by atoms with E-state index >= 15 is 0 Å². The number of nitrogens with one attached hydrogen (secondary N) is 1. The zero-order valence-corrected chi connectivity index (χ0v) is 12.9. The van der Waals surface area contributed by atoms with Crippen LogP contribution in [0.4, 0.5) is 0 Å². The fourth-order valence-corrected chi connectivity index (χ4v) is 4.12. The molecule has 0 saturated heterocycles. The van der Waals surface area contributed by atoms with Gasteiger partial charge in [0.2, 0.25) is 0 Å². The SMILES string of the molecule is CNC(CC1Cc2ccccc21)c1cnc2ccsc2c1. The summed E-state index contributed by atoms with van der Waals surface area (Å²) >= 11 is 1.77. The molecule has 0 spiro atoms. The molecule has 4 rings (SSSR count). The van der Waals surface area contributed by atoms with Crippen LogP contribution in [0.25, 0.3) is 10.2 Å². The van der Waals surface area contributed by atoms with Crippen molar-refractivity contribution in [2.45, 2.75) is 24.8 Å². The van der Waals surface area contributed by atoms with E-state index in [-0.39, 0.29) is 0 Å². The molecule has 106 valence electrons. The summed E-state index contributed by atoms with van der Waals surface area (Å²) in [7, 11) is 2.05. The molecule has 0 aliphatic heterocycles. The summed E-state index contributed by atoms with van der Waals surface area (Å²) < 4.78 is 1.28. The average Bonchev–Trinajstić information content (AvgIpc) is 2.96. The Hall–Kier alpha value is -1.71. The van der Waals surface area contributed by atoms with Crippen LogP contribution >= 0.6 is 11.3 Å². The molecule has 1 aliphatic carbocycles. The zero-order chi connectivity index (χ0) is 14.2. The third-order valence-corrected chi connectivity index (χ3v) is 5.41. The van der Waals surface area contributed by atoms with Crippen LogP contribution < -0.4 is 5.32 Å². The van der Waals surface area contributed by atoms with Gasteiger partial charge in [-0.05, 0) is 60.0 Å². The van der Waals surface area contributed by atoms with Crippen LogP contribution in [-0.4, -0.2) is 12.0 Å². The topological polar surface area (TPSA) is 24.9 Å². The Morgan fingerprint density at radius 3 is 3.10 bits per heavy atom. The molecule has 1 aromatic carbocycles. The molecule has 0 fully saturated rings. The molecule has 1 N–H and O–H groups in total. The van der Waals surface area contributed by atoms with Crippen LogP contribution in [0.15, 0.2) is 48.0 Å². The minimum atomic E-state index is 0.377. The minimum absolute atomic E-state index is 0.377. The van der Waals surface area contributed by atoms with E-state index in [1.165, 1.54) is 27.8 Å². The number of nitrogens with zero attached hydrogens (tertiary/aromatic N) is 1. The first-order valence-corrected chi connectivity index (χ1v) is 8.31. The number of aromatic nitrogens is 1. The van der Waals surface area contributed by atoms with Crippen LogP contribution in [-0.2, 0) is 6.42 Å². The number of hydrogen-bond acceptors (Lipinski definition) is 3. The summed E-state index contributed by atoms with van der Waals surface area (Å²) in [5.74, 6) is 0.678. The molecule has 2 atom stereocenters. The maximum atomic E-state index is 4.58. The Labute approximate surface area is 128 Å². The molecule has 0 saturated carbocycles. The highest BCUT2D eigenvalue weighted by Gasteiger charge is 2.28. The van der Waals surface area contributed by atoms with E-state index < -0.39 is 0 Å². The second-order valence-electron chi connectivity index (χ2n) is 5.75. The molecule has 0 bridgehead atoms. The van der Waals surface area contributed by atoms with Gasteiger partial charge in [0.25, 0.3) is 0 Å². The first kappa shape index (κ1) is 13.0. The van der Waals surface area contributed by atoms with Gasteiger partial charge in [0.1, 0.15) is 0 Å². The van der Waals surface area contributed by atoms with Crippen LogP contribution in [0.3, 0.4) is 0 Å². The quantitative estimate of drug-likeness (QED) is 0.776. The van der Waals surface area contributed by atoms with Crippen molar-refractivity contribution in [2.24, 2.45) is 0 Å². The summed E-state index contributed by atoms with van der Waals surface area (Å²) in [6, 6.07) is 13.6. The molecule has 2 heterocycles. The number of benzene rings is 1. The van der Waals surface area contributed by atoms with Gasteiger partial charge in [-0.15, -0.1) is 11.3 Å². The van der Waals surface area contributed by atoms with Gasteiger partial charge in [0.05, 0.1) is 10.2 Å². The van der Waals surface area contributed by atoms with Crippen molar-refractivity contribution in [2.75, 3.05) is 7.05 Å². The summed E-state index contributed by atoms with van der Waals surface area (Å²) in [5, 5.41) is 5.58. The Morgan fingerprint density at radius 1 is 1.33 bits per heavy atom. The maximum Gasteiger partial charge on any atom is 0.0809 e. The van der Waals surface area contributed by atoms with Crippen molar-refractivity contribution in [3.63, 3.8) is 0 Å². The van der Waals surface area contributed by atoms with Gasteiger partial charge >= 0.3 is 0 Å². The molecule has 3 aromatic rings. The minimum Gasteiger partial charge on any atom is -0.313 e. The Balaban J connectivity index is 1.58. The average molecular weight is 294 g/mol. The van der Waals surface area contributed by atoms with E-state index in [4.69, 9.17) is 0 Å². The molecular formula is C18H18N2S. The smallest absolute Gasteiger partial charge is 0.0809 e. The lowest BCUT2D eigenvalue weighted by Crippen LogP contribution is -2.25. The Kier molecular flexibility index (Phi) is 3.24. The van der Waals surface area contributed by atoms with Crippen LogP contribution in [0.2, 0.25) is 0 Å². The largest absolute Gasteiger partial charge is 0.313 e. The zero-order valence-electron chi connectivity index (χ0n) is 12.0. The number of rotatable bonds is 4. The highest BCUT2D eigenvalue weighted by molar-refractivity contribution is 7.17. The third kappa shape index (κ3) is 2.27. The number of hydrogen-bond donors (Lipinski definition) is 1. The summed E-state index contributed by atoms with van der Waals surface area (Å²) in [6.07, 6.45) is 4.38. The fraction of sp³-hybridized carbons (Fsp3) is 0.278. The second-order valence-corrected chi connectivity index (χ2v) is 6.70. The van der Waals surface area contributed by atoms with E-state index in [0.717, 1.165) is 11.9 Å². The van der Waals surface area contributed by atoms with E-state index in [1.54, 1.807) is 11.3 Å². The van der Waals surface area contributed by atoms with Gasteiger partial charge in [-0.3, -0.25) is 4.98 Å². The summed E-state index contributed by atoms with van der Waals surface area (Å²) in [6.45, 7) is 0. The number of thiophene rings is 1. The molecule has 0 amide bonds. The Morgan fingerprint density at radius 2 is 2.24 bits per heavy atom. The highest BCUT2D eigenvalue weighted by Crippen LogP contribution is 2.40. The lowest BCUT2D eigenvalue weighted by molar-refractivity contribution is 0.452. The second kappa shape index (κ2) is 5.24. The van der Waals surface area contributed by atoms with Gasteiger partial charge in [-0.1, -0.05) is 24.3 Å². The molecule has 1 aliphatic rings. The van der Waals surface area contributed by atoms with Gasteiger partial charge in [0, 0.05) is 12.2 Å². The molecule has 21 heavy (non-hydrogen) atoms. The predicted octanol–water partition coefficient (Wildman–Crippen LogP) is 4.29. The van der Waals surface area contributed by atoms with E-state index in [1.807, 2.05) is 13.2 Å². The summed E-state index contributed by atoms with van der Waals surface area (Å²) in [5.41, 5.74) is 5.46. The number of fused-ring (bicyclic) bond motifs is 2. The van der Waals surface area contributed by atoms with E-state index in [9.17, 15) is 0 Å². The standard InChI is InChI=1S/C18H18N2S/c1-19-17(9-13-8-12-4-2-3-5-15(12)13)14-10-18-16(20-11-14)6-7-21-18/h2-7,10-11,13,17,19H,8-9H2,1H3. The molecule has 0 radical (unpaired) electrons. The highest BCUT2D eigenvalue weighted by atomic mass is 32.1. The molecule has 3 heteroatoms. The maximum absolute atomic E-state index is 4.58. The summed E-state index contributed by atoms with van der Waals surface area (Å²) in [4.78, 5) is 4.58. The van der Waals surface area contributed by atoms with Gasteiger partial charge < -0.3 is 5.32 Å². The molecule has 2 aromatic heterocycles. The molecule has 2 nitrogen and oxygen atoms in total. The lowest BCUT2D eigenvalue weighted by Gasteiger charge is -2.33. The monoisotopic (exact) mass is 294 g/mol. The van der Waals surface area contributed by atoms with Crippen molar-refractivity contribution in [1.29, 1.82) is 0 Å². The van der Waals surface area contributed by atoms with Crippen molar-refractivity contribution < 1.29 is 0 Å². The Bertz CT molecular complexity index is 777. The van der Waals surface area contributed by atoms with Crippen LogP contribution in [0.5, 0.6) is 0 Å². The van der Waals surface area contributed by atoms with Crippen molar-refractivity contribution in [3.8, 4) is 0 Å². The van der Waals surface area contributed by atoms with Gasteiger partial charge in [-0.2, -0.15) is 0 Å². The predicted molar refractivity (Wildman–Crippen MR) is 88.9 cm³/mol. The van der Waals surface area contributed by atoms with Crippen molar-refractivity contribution in [3.05, 3.63) is 64.7 Å². The van der Waals surface area contributed by atoms with Crippen LogP contribution in [0, 0.1) is 0 Å². The van der Waals surface area contributed by atoms with Gasteiger partial charge in [-0.25, -0.2) is 0 Å². The first-order chi connectivity index (χ1) is 10.3. The third-order valence-electron chi connectivity index (χ3n) is 4.56. The van der Waals surface area contributed by atoms with Crippen molar-refractivity contribution >= 4 is 21.6 Å². The molecule has 2 unspecified atom stereocenters. The normalized spacial score (nSPS) is 18.2. The van der Waals surface area contributed by atoms with E-state index in [0.29, 0.717) is 12.0 Å². The van der Waals surface area contributed by atoms with Gasteiger partial charge in [0.15, 0.2) is 0 Å². The fourth-order valence-electron chi connectivity index (χ4n) is 3.33. The first-order valence-electron chi connectivity index (χ1n) is 7.43. The van der Waals surface area contributed by atoms with E-state index in [2.05, 4.69) is 52.1 Å².